The van der Waals surface area contributed by atoms with Crippen LogP contribution in [-0.4, -0.2) is 18.1 Å². The Morgan fingerprint density at radius 3 is 2.54 bits per heavy atom. The van der Waals surface area contributed by atoms with Crippen LogP contribution in [0.25, 0.3) is 0 Å². The Bertz CT molecular complexity index is 158. The summed E-state index contributed by atoms with van der Waals surface area (Å²) in [5.41, 5.74) is 0. The third-order valence-electron chi connectivity index (χ3n) is 2.52. The zero-order valence-electron chi connectivity index (χ0n) is 7.27. The second kappa shape index (κ2) is 4.55. The molecule has 2 atom stereocenters. The topological polar surface area (TPSA) is 12.0 Å². The van der Waals surface area contributed by atoms with Gasteiger partial charge in [-0.15, -0.1) is 0 Å². The number of halogens is 3. The third kappa shape index (κ3) is 3.38. The highest BCUT2D eigenvalue weighted by atomic mass is 32.1. The van der Waals surface area contributed by atoms with Gasteiger partial charge in [0.05, 0.1) is 5.92 Å². The Labute approximate surface area is 81.5 Å². The van der Waals surface area contributed by atoms with Crippen molar-refractivity contribution in [2.45, 2.75) is 37.9 Å². The number of alkyl halides is 3. The second-order valence-electron chi connectivity index (χ2n) is 3.46. The minimum Gasteiger partial charge on any atom is -0.305 e. The van der Waals surface area contributed by atoms with Gasteiger partial charge in [0.2, 0.25) is 0 Å². The average molecular weight is 213 g/mol. The Morgan fingerprint density at radius 1 is 1.31 bits per heavy atom. The molecule has 0 aliphatic heterocycles. The number of thiol groups is 1. The van der Waals surface area contributed by atoms with Gasteiger partial charge < -0.3 is 5.32 Å². The Kier molecular flexibility index (Phi) is 3.91. The molecule has 0 amide bonds. The molecule has 0 saturated heterocycles. The molecule has 1 rings (SSSR count). The molecule has 78 valence electrons. The van der Waals surface area contributed by atoms with E-state index in [2.05, 4.69) is 17.9 Å². The normalized spacial score (nSPS) is 30.5. The van der Waals surface area contributed by atoms with Crippen molar-refractivity contribution >= 4 is 12.6 Å². The zero-order valence-corrected chi connectivity index (χ0v) is 8.17. The van der Waals surface area contributed by atoms with E-state index in [0.29, 0.717) is 12.3 Å². The standard InChI is InChI=1S/C8H14F3NS/c9-8(10,11)6-2-1-3-7(4-6)12-5-13/h6-7,12-13H,1-5H2. The number of nitrogens with one attached hydrogen (secondary N) is 1. The lowest BCUT2D eigenvalue weighted by Gasteiger charge is -2.30. The highest BCUT2D eigenvalue weighted by Crippen LogP contribution is 2.37. The van der Waals surface area contributed by atoms with Crippen LogP contribution in [0.15, 0.2) is 0 Å². The number of rotatable bonds is 2. The molecule has 0 aromatic carbocycles. The number of hydrogen-bond donors (Lipinski definition) is 2. The van der Waals surface area contributed by atoms with Gasteiger partial charge in [0.25, 0.3) is 0 Å². The van der Waals surface area contributed by atoms with Gasteiger partial charge in [-0.2, -0.15) is 25.8 Å². The largest absolute Gasteiger partial charge is 0.391 e. The predicted molar refractivity (Wildman–Crippen MR) is 48.8 cm³/mol. The van der Waals surface area contributed by atoms with Gasteiger partial charge in [0, 0.05) is 11.9 Å². The lowest BCUT2D eigenvalue weighted by Crippen LogP contribution is -2.38. The molecule has 0 spiro atoms. The van der Waals surface area contributed by atoms with Crippen LogP contribution < -0.4 is 5.32 Å². The van der Waals surface area contributed by atoms with Gasteiger partial charge in [0.15, 0.2) is 0 Å². The SMILES string of the molecule is FC(F)(F)C1CCCC(NCS)C1. The lowest BCUT2D eigenvalue weighted by atomic mass is 9.85. The summed E-state index contributed by atoms with van der Waals surface area (Å²) in [5, 5.41) is 2.95. The van der Waals surface area contributed by atoms with Crippen molar-refractivity contribution in [3.63, 3.8) is 0 Å². The van der Waals surface area contributed by atoms with E-state index in [1.54, 1.807) is 0 Å². The van der Waals surface area contributed by atoms with E-state index in [0.717, 1.165) is 6.42 Å². The molecule has 0 heterocycles. The summed E-state index contributed by atoms with van der Waals surface area (Å²) in [6, 6.07) is -0.00197. The zero-order chi connectivity index (χ0) is 9.90. The molecule has 1 nitrogen and oxygen atoms in total. The maximum Gasteiger partial charge on any atom is 0.391 e. The molecule has 0 radical (unpaired) electrons. The lowest BCUT2D eigenvalue weighted by molar-refractivity contribution is -0.183. The first-order valence-electron chi connectivity index (χ1n) is 4.45. The molecule has 1 fully saturated rings. The van der Waals surface area contributed by atoms with Crippen LogP contribution in [0.4, 0.5) is 13.2 Å². The number of hydrogen-bond acceptors (Lipinski definition) is 2. The van der Waals surface area contributed by atoms with Crippen LogP contribution in [0.2, 0.25) is 0 Å². The van der Waals surface area contributed by atoms with Crippen molar-refractivity contribution in [1.29, 1.82) is 0 Å². The van der Waals surface area contributed by atoms with Crippen LogP contribution in [0, 0.1) is 5.92 Å². The summed E-state index contributed by atoms with van der Waals surface area (Å²) >= 11 is 3.94. The monoisotopic (exact) mass is 213 g/mol. The summed E-state index contributed by atoms with van der Waals surface area (Å²) in [7, 11) is 0. The Hall–Kier alpha value is 0.100. The van der Waals surface area contributed by atoms with Crippen molar-refractivity contribution in [1.82, 2.24) is 5.32 Å². The fraction of sp³-hybridized carbons (Fsp3) is 1.00. The fourth-order valence-electron chi connectivity index (χ4n) is 1.80. The van der Waals surface area contributed by atoms with Crippen LogP contribution in [0.5, 0.6) is 0 Å². The summed E-state index contributed by atoms with van der Waals surface area (Å²) < 4.78 is 36.9. The highest BCUT2D eigenvalue weighted by molar-refractivity contribution is 7.80. The minimum atomic E-state index is -4.02. The van der Waals surface area contributed by atoms with Gasteiger partial charge in [-0.05, 0) is 19.3 Å². The molecule has 1 N–H and O–H groups in total. The van der Waals surface area contributed by atoms with E-state index in [9.17, 15) is 13.2 Å². The van der Waals surface area contributed by atoms with Gasteiger partial charge in [-0.25, -0.2) is 0 Å². The quantitative estimate of drug-likeness (QED) is 0.530. The third-order valence-corrected chi connectivity index (χ3v) is 2.70. The molecule has 1 saturated carbocycles. The maximum atomic E-state index is 12.3. The molecule has 1 aliphatic carbocycles. The summed E-state index contributed by atoms with van der Waals surface area (Å²) in [6.07, 6.45) is -2.02. The Morgan fingerprint density at radius 2 is 2.00 bits per heavy atom. The van der Waals surface area contributed by atoms with Crippen molar-refractivity contribution in [2.24, 2.45) is 5.92 Å². The van der Waals surface area contributed by atoms with Crippen LogP contribution in [0.3, 0.4) is 0 Å². The van der Waals surface area contributed by atoms with Gasteiger partial charge in [0.1, 0.15) is 0 Å². The van der Waals surface area contributed by atoms with Crippen molar-refractivity contribution in [3.05, 3.63) is 0 Å². The summed E-state index contributed by atoms with van der Waals surface area (Å²) in [6.45, 7) is 0. The molecular weight excluding hydrogens is 199 g/mol. The average Bonchev–Trinajstić information content (AvgIpc) is 2.04. The van der Waals surface area contributed by atoms with E-state index < -0.39 is 12.1 Å². The van der Waals surface area contributed by atoms with Crippen molar-refractivity contribution < 1.29 is 13.2 Å². The summed E-state index contributed by atoms with van der Waals surface area (Å²) in [5.74, 6) is -0.659. The van der Waals surface area contributed by atoms with E-state index in [-0.39, 0.29) is 18.9 Å². The molecule has 0 aromatic rings. The Balaban J connectivity index is 2.42. The van der Waals surface area contributed by atoms with Crippen molar-refractivity contribution in [3.8, 4) is 0 Å². The second-order valence-corrected chi connectivity index (χ2v) is 3.78. The molecule has 5 heteroatoms. The van der Waals surface area contributed by atoms with Crippen LogP contribution >= 0.6 is 12.6 Å². The first kappa shape index (κ1) is 11.2. The molecule has 0 aromatic heterocycles. The van der Waals surface area contributed by atoms with Gasteiger partial charge >= 0.3 is 6.18 Å². The fourth-order valence-corrected chi connectivity index (χ4v) is 2.06. The highest BCUT2D eigenvalue weighted by Gasteiger charge is 2.41. The molecular formula is C8H14F3NS. The van der Waals surface area contributed by atoms with E-state index >= 15 is 0 Å². The molecule has 2 unspecified atom stereocenters. The smallest absolute Gasteiger partial charge is 0.305 e. The van der Waals surface area contributed by atoms with Crippen LogP contribution in [0.1, 0.15) is 25.7 Å². The van der Waals surface area contributed by atoms with Crippen LogP contribution in [-0.2, 0) is 0 Å². The molecule has 13 heavy (non-hydrogen) atoms. The molecule has 1 aliphatic rings. The first-order chi connectivity index (χ1) is 6.04. The van der Waals surface area contributed by atoms with Gasteiger partial charge in [-0.1, -0.05) is 6.42 Å². The van der Waals surface area contributed by atoms with E-state index in [1.807, 2.05) is 0 Å². The summed E-state index contributed by atoms with van der Waals surface area (Å²) in [4.78, 5) is 0. The van der Waals surface area contributed by atoms with Gasteiger partial charge in [-0.3, -0.25) is 0 Å². The predicted octanol–water partition coefficient (Wildman–Crippen LogP) is 2.58. The van der Waals surface area contributed by atoms with E-state index in [1.165, 1.54) is 0 Å². The van der Waals surface area contributed by atoms with E-state index in [4.69, 9.17) is 0 Å². The van der Waals surface area contributed by atoms with Crippen molar-refractivity contribution in [2.75, 3.05) is 5.88 Å². The molecule has 0 bridgehead atoms. The maximum absolute atomic E-state index is 12.3. The minimum absolute atomic E-state index is 0.00197. The first-order valence-corrected chi connectivity index (χ1v) is 5.08.